The van der Waals surface area contributed by atoms with Crippen molar-refractivity contribution in [2.45, 2.75) is 32.4 Å². The fraction of sp³-hybridized carbons (Fsp3) is 0.450. The first kappa shape index (κ1) is 15.7. The number of benzene rings is 1. The molecule has 1 aromatic heterocycles. The second-order valence-electron chi connectivity index (χ2n) is 7.00. The summed E-state index contributed by atoms with van der Waals surface area (Å²) >= 11 is 1.92. The molecule has 1 aromatic carbocycles. The highest BCUT2D eigenvalue weighted by molar-refractivity contribution is 7.11. The average Bonchev–Trinajstić information content (AvgIpc) is 3.21. The number of nitrogens with zero attached hydrogens (tertiary/aromatic N) is 3. The lowest BCUT2D eigenvalue weighted by Crippen LogP contribution is -2.47. The molecule has 2 aromatic rings. The van der Waals surface area contributed by atoms with Crippen molar-refractivity contribution in [3.05, 3.63) is 51.7 Å². The molecule has 2 aliphatic rings. The molecule has 2 aliphatic heterocycles. The minimum atomic E-state index is 0.618. The molecule has 2 fully saturated rings. The SMILES string of the molecule is Cc1ccc(CN2CCC3CCN(c4ccc(C#N)cc4)C3C2)s1. The maximum absolute atomic E-state index is 8.99. The second kappa shape index (κ2) is 6.58. The van der Waals surface area contributed by atoms with E-state index in [-0.39, 0.29) is 0 Å². The lowest BCUT2D eigenvalue weighted by atomic mass is 9.92. The van der Waals surface area contributed by atoms with Gasteiger partial charge in [-0.15, -0.1) is 11.3 Å². The van der Waals surface area contributed by atoms with Crippen LogP contribution in [-0.4, -0.2) is 30.6 Å². The molecule has 0 amide bonds. The molecule has 124 valence electrons. The molecule has 2 atom stereocenters. The van der Waals surface area contributed by atoms with E-state index in [1.165, 1.54) is 34.8 Å². The van der Waals surface area contributed by atoms with Gasteiger partial charge in [-0.2, -0.15) is 5.26 Å². The van der Waals surface area contributed by atoms with Crippen LogP contribution in [0.2, 0.25) is 0 Å². The van der Waals surface area contributed by atoms with E-state index in [9.17, 15) is 0 Å². The molecule has 3 heterocycles. The summed E-state index contributed by atoms with van der Waals surface area (Å²) in [5, 5.41) is 8.99. The number of fused-ring (bicyclic) bond motifs is 1. The molecule has 0 bridgehead atoms. The number of hydrogen-bond donors (Lipinski definition) is 0. The van der Waals surface area contributed by atoms with E-state index in [1.54, 1.807) is 0 Å². The minimum Gasteiger partial charge on any atom is -0.367 e. The highest BCUT2D eigenvalue weighted by Gasteiger charge is 2.38. The second-order valence-corrected chi connectivity index (χ2v) is 8.38. The van der Waals surface area contributed by atoms with E-state index in [4.69, 9.17) is 5.26 Å². The first-order valence-corrected chi connectivity index (χ1v) is 9.59. The largest absolute Gasteiger partial charge is 0.367 e. The summed E-state index contributed by atoms with van der Waals surface area (Å²) < 4.78 is 0. The Labute approximate surface area is 148 Å². The summed E-state index contributed by atoms with van der Waals surface area (Å²) in [6, 6.07) is 15.4. The molecule has 2 saturated heterocycles. The Hall–Kier alpha value is -1.83. The van der Waals surface area contributed by atoms with Crippen molar-refractivity contribution in [2.75, 3.05) is 24.5 Å². The van der Waals surface area contributed by atoms with Crippen molar-refractivity contribution in [2.24, 2.45) is 5.92 Å². The highest BCUT2D eigenvalue weighted by atomic mass is 32.1. The minimum absolute atomic E-state index is 0.618. The first-order valence-electron chi connectivity index (χ1n) is 8.77. The van der Waals surface area contributed by atoms with E-state index in [1.807, 2.05) is 23.5 Å². The zero-order valence-corrected chi connectivity index (χ0v) is 14.9. The molecule has 0 aliphatic carbocycles. The maximum atomic E-state index is 8.99. The van der Waals surface area contributed by atoms with Gasteiger partial charge in [0.25, 0.3) is 0 Å². The van der Waals surface area contributed by atoms with Crippen LogP contribution in [0.15, 0.2) is 36.4 Å². The van der Waals surface area contributed by atoms with Gasteiger partial charge in [0.15, 0.2) is 0 Å². The predicted octanol–water partition coefficient (Wildman–Crippen LogP) is 4.03. The van der Waals surface area contributed by atoms with Crippen molar-refractivity contribution >= 4 is 17.0 Å². The predicted molar refractivity (Wildman–Crippen MR) is 99.3 cm³/mol. The summed E-state index contributed by atoms with van der Waals surface area (Å²) in [6.45, 7) is 6.79. The summed E-state index contributed by atoms with van der Waals surface area (Å²) in [4.78, 5) is 8.07. The Kier molecular flexibility index (Phi) is 4.30. The number of thiophene rings is 1. The fourth-order valence-electron chi connectivity index (χ4n) is 4.19. The van der Waals surface area contributed by atoms with Crippen LogP contribution in [0.4, 0.5) is 5.69 Å². The number of anilines is 1. The van der Waals surface area contributed by atoms with Crippen LogP contribution in [-0.2, 0) is 6.54 Å². The van der Waals surface area contributed by atoms with Crippen molar-refractivity contribution in [3.8, 4) is 6.07 Å². The van der Waals surface area contributed by atoms with Gasteiger partial charge in [0.2, 0.25) is 0 Å². The van der Waals surface area contributed by atoms with Crippen molar-refractivity contribution in [3.63, 3.8) is 0 Å². The number of piperidine rings is 1. The summed E-state index contributed by atoms with van der Waals surface area (Å²) in [5.74, 6) is 0.821. The van der Waals surface area contributed by atoms with Gasteiger partial charge in [-0.3, -0.25) is 4.90 Å². The van der Waals surface area contributed by atoms with E-state index < -0.39 is 0 Å². The normalized spacial score (nSPS) is 23.9. The number of rotatable bonds is 3. The maximum Gasteiger partial charge on any atom is 0.0991 e. The van der Waals surface area contributed by atoms with E-state index in [0.29, 0.717) is 6.04 Å². The quantitative estimate of drug-likeness (QED) is 0.847. The molecule has 2 unspecified atom stereocenters. The lowest BCUT2D eigenvalue weighted by molar-refractivity contribution is 0.169. The Morgan fingerprint density at radius 3 is 2.62 bits per heavy atom. The van der Waals surface area contributed by atoms with Crippen LogP contribution >= 0.6 is 11.3 Å². The van der Waals surface area contributed by atoms with Gasteiger partial charge < -0.3 is 4.90 Å². The van der Waals surface area contributed by atoms with E-state index >= 15 is 0 Å². The molecule has 0 radical (unpaired) electrons. The third kappa shape index (κ3) is 3.07. The molecule has 4 rings (SSSR count). The van der Waals surface area contributed by atoms with Crippen molar-refractivity contribution in [1.82, 2.24) is 4.90 Å². The van der Waals surface area contributed by atoms with Crippen LogP contribution in [0.5, 0.6) is 0 Å². The van der Waals surface area contributed by atoms with Gasteiger partial charge in [0, 0.05) is 41.1 Å². The number of hydrogen-bond acceptors (Lipinski definition) is 4. The third-order valence-electron chi connectivity index (χ3n) is 5.45. The van der Waals surface area contributed by atoms with Gasteiger partial charge in [-0.1, -0.05) is 0 Å². The monoisotopic (exact) mass is 337 g/mol. The van der Waals surface area contributed by atoms with E-state index in [2.05, 4.69) is 47.1 Å². The standard InChI is InChI=1S/C20H23N3S/c1-15-2-7-19(24-15)13-22-10-8-17-9-11-23(20(17)14-22)18-5-3-16(12-21)4-6-18/h2-7,17,20H,8-11,13-14H2,1H3. The number of likely N-dealkylation sites (tertiary alicyclic amines) is 1. The van der Waals surface area contributed by atoms with E-state index in [0.717, 1.165) is 31.1 Å². The molecule has 4 heteroatoms. The number of nitriles is 1. The fourth-order valence-corrected chi connectivity index (χ4v) is 5.12. The van der Waals surface area contributed by atoms with Gasteiger partial charge in [-0.25, -0.2) is 0 Å². The summed E-state index contributed by atoms with van der Waals surface area (Å²) in [6.07, 6.45) is 2.61. The summed E-state index contributed by atoms with van der Waals surface area (Å²) in [5.41, 5.74) is 2.02. The van der Waals surface area contributed by atoms with Gasteiger partial charge in [-0.05, 0) is 68.6 Å². The van der Waals surface area contributed by atoms with Crippen LogP contribution in [0.3, 0.4) is 0 Å². The third-order valence-corrected chi connectivity index (χ3v) is 6.44. The van der Waals surface area contributed by atoms with Gasteiger partial charge in [0.1, 0.15) is 0 Å². The topological polar surface area (TPSA) is 30.3 Å². The zero-order valence-electron chi connectivity index (χ0n) is 14.1. The smallest absolute Gasteiger partial charge is 0.0991 e. The van der Waals surface area contributed by atoms with Gasteiger partial charge >= 0.3 is 0 Å². The van der Waals surface area contributed by atoms with Crippen LogP contribution in [0.25, 0.3) is 0 Å². The first-order chi connectivity index (χ1) is 11.7. The molecule has 3 nitrogen and oxygen atoms in total. The molecular weight excluding hydrogens is 314 g/mol. The summed E-state index contributed by atoms with van der Waals surface area (Å²) in [7, 11) is 0. The van der Waals surface area contributed by atoms with Gasteiger partial charge in [0.05, 0.1) is 11.6 Å². The Bertz CT molecular complexity index is 743. The Balaban J connectivity index is 1.47. The van der Waals surface area contributed by atoms with Crippen molar-refractivity contribution in [1.29, 1.82) is 5.26 Å². The van der Waals surface area contributed by atoms with Crippen LogP contribution in [0, 0.1) is 24.2 Å². The zero-order chi connectivity index (χ0) is 16.5. The Morgan fingerprint density at radius 1 is 1.12 bits per heavy atom. The molecule has 0 saturated carbocycles. The molecular formula is C20H23N3S. The average molecular weight is 337 g/mol. The van der Waals surface area contributed by atoms with Crippen LogP contribution in [0.1, 0.15) is 28.2 Å². The van der Waals surface area contributed by atoms with Crippen LogP contribution < -0.4 is 4.90 Å². The lowest BCUT2D eigenvalue weighted by Gasteiger charge is -2.39. The molecule has 24 heavy (non-hydrogen) atoms. The molecule has 0 spiro atoms. The van der Waals surface area contributed by atoms with Crippen molar-refractivity contribution < 1.29 is 0 Å². The molecule has 0 N–H and O–H groups in total. The highest BCUT2D eigenvalue weighted by Crippen LogP contribution is 2.35. The Morgan fingerprint density at radius 2 is 1.92 bits per heavy atom. The number of aryl methyl sites for hydroxylation is 1.